The first kappa shape index (κ1) is 15.7. The maximum atomic E-state index is 12.4. The monoisotopic (exact) mass is 287 g/mol. The zero-order chi connectivity index (χ0) is 15.5. The Morgan fingerprint density at radius 1 is 1.10 bits per heavy atom. The smallest absolute Gasteiger partial charge is 0.223 e. The summed E-state index contributed by atoms with van der Waals surface area (Å²) in [6.45, 7) is 7.65. The van der Waals surface area contributed by atoms with Crippen LogP contribution in [0.3, 0.4) is 0 Å². The van der Waals surface area contributed by atoms with E-state index in [0.29, 0.717) is 19.5 Å². The minimum Gasteiger partial charge on any atom is -0.343 e. The summed E-state index contributed by atoms with van der Waals surface area (Å²) in [5.74, 6) is 0.498. The third-order valence-electron chi connectivity index (χ3n) is 3.96. The van der Waals surface area contributed by atoms with E-state index in [9.17, 15) is 9.59 Å². The van der Waals surface area contributed by atoms with Crippen molar-refractivity contribution < 1.29 is 9.59 Å². The van der Waals surface area contributed by atoms with Gasteiger partial charge in [0.2, 0.25) is 5.91 Å². The van der Waals surface area contributed by atoms with Crippen molar-refractivity contribution in [3.63, 3.8) is 0 Å². The molecule has 1 aliphatic heterocycles. The number of nitrogens with zero attached hydrogens (tertiary/aromatic N) is 1. The Morgan fingerprint density at radius 3 is 2.19 bits per heavy atom. The number of hydrogen-bond donors (Lipinski definition) is 0. The van der Waals surface area contributed by atoms with Gasteiger partial charge in [0, 0.05) is 31.0 Å². The van der Waals surface area contributed by atoms with E-state index in [1.165, 1.54) is 0 Å². The summed E-state index contributed by atoms with van der Waals surface area (Å²) in [5.41, 5.74) is 0.810. The van der Waals surface area contributed by atoms with Crippen molar-refractivity contribution in [3.05, 3.63) is 35.9 Å². The lowest BCUT2D eigenvalue weighted by Crippen LogP contribution is -2.41. The summed E-state index contributed by atoms with van der Waals surface area (Å²) in [7, 11) is 0. The number of Topliss-reactive ketones (excluding diaryl/α,β-unsaturated/α-hetero) is 1. The highest BCUT2D eigenvalue weighted by molar-refractivity contribution is 5.98. The van der Waals surface area contributed by atoms with Gasteiger partial charge in [-0.25, -0.2) is 0 Å². The molecule has 0 saturated carbocycles. The van der Waals surface area contributed by atoms with Crippen LogP contribution in [0.5, 0.6) is 0 Å². The normalized spacial score (nSPS) is 16.8. The molecule has 21 heavy (non-hydrogen) atoms. The second-order valence-corrected chi connectivity index (χ2v) is 7.12. The van der Waals surface area contributed by atoms with Crippen LogP contribution in [-0.4, -0.2) is 29.7 Å². The largest absolute Gasteiger partial charge is 0.343 e. The number of carbonyl (C=O) groups is 2. The number of amides is 1. The zero-order valence-corrected chi connectivity index (χ0v) is 13.3. The van der Waals surface area contributed by atoms with Gasteiger partial charge in [0.1, 0.15) is 0 Å². The average Bonchev–Trinajstić information content (AvgIpc) is 2.46. The SMILES string of the molecule is CC(C)(C)CC(=O)N1CCC(C(=O)c2ccccc2)CC1. The summed E-state index contributed by atoms with van der Waals surface area (Å²) in [6.07, 6.45) is 2.14. The molecule has 0 N–H and O–H groups in total. The van der Waals surface area contributed by atoms with Crippen LogP contribution in [0.25, 0.3) is 0 Å². The molecule has 0 aliphatic carbocycles. The van der Waals surface area contributed by atoms with Crippen LogP contribution in [-0.2, 0) is 4.79 Å². The Labute approximate surface area is 127 Å². The first-order valence-corrected chi connectivity index (χ1v) is 7.74. The van der Waals surface area contributed by atoms with Gasteiger partial charge in [-0.2, -0.15) is 0 Å². The molecule has 114 valence electrons. The quantitative estimate of drug-likeness (QED) is 0.797. The lowest BCUT2D eigenvalue weighted by Gasteiger charge is -2.33. The molecule has 0 atom stereocenters. The third-order valence-corrected chi connectivity index (χ3v) is 3.96. The second-order valence-electron chi connectivity index (χ2n) is 7.12. The summed E-state index contributed by atoms with van der Waals surface area (Å²) in [6, 6.07) is 9.47. The van der Waals surface area contributed by atoms with E-state index >= 15 is 0 Å². The van der Waals surface area contributed by atoms with Gasteiger partial charge < -0.3 is 4.90 Å². The van der Waals surface area contributed by atoms with Crippen LogP contribution in [0.15, 0.2) is 30.3 Å². The first-order chi connectivity index (χ1) is 9.87. The highest BCUT2D eigenvalue weighted by Crippen LogP contribution is 2.25. The van der Waals surface area contributed by atoms with Crippen molar-refractivity contribution in [2.45, 2.75) is 40.0 Å². The molecular formula is C18H25NO2. The second kappa shape index (κ2) is 6.42. The molecule has 1 amide bonds. The van der Waals surface area contributed by atoms with Gasteiger partial charge in [-0.15, -0.1) is 0 Å². The van der Waals surface area contributed by atoms with Crippen LogP contribution in [0, 0.1) is 11.3 Å². The van der Waals surface area contributed by atoms with E-state index in [-0.39, 0.29) is 23.0 Å². The van der Waals surface area contributed by atoms with Crippen LogP contribution in [0.1, 0.15) is 50.4 Å². The van der Waals surface area contributed by atoms with Crippen LogP contribution in [0.4, 0.5) is 0 Å². The molecule has 2 rings (SSSR count). The molecule has 1 saturated heterocycles. The van der Waals surface area contributed by atoms with Crippen molar-refractivity contribution in [2.24, 2.45) is 11.3 Å². The lowest BCUT2D eigenvalue weighted by molar-refractivity contribution is -0.134. The Balaban J connectivity index is 1.89. The molecule has 1 fully saturated rings. The summed E-state index contributed by atoms with van der Waals surface area (Å²) < 4.78 is 0. The molecule has 1 heterocycles. The standard InChI is InChI=1S/C18H25NO2/c1-18(2,3)13-16(20)19-11-9-15(10-12-19)17(21)14-7-5-4-6-8-14/h4-8,15H,9-13H2,1-3H3. The van der Waals surface area contributed by atoms with E-state index < -0.39 is 0 Å². The third kappa shape index (κ3) is 4.42. The van der Waals surface area contributed by atoms with Crippen LogP contribution >= 0.6 is 0 Å². The molecule has 3 heteroatoms. The fourth-order valence-electron chi connectivity index (χ4n) is 2.79. The predicted molar refractivity (Wildman–Crippen MR) is 84.1 cm³/mol. The maximum absolute atomic E-state index is 12.4. The average molecular weight is 287 g/mol. The van der Waals surface area contributed by atoms with E-state index in [2.05, 4.69) is 20.8 Å². The molecule has 1 aliphatic rings. The van der Waals surface area contributed by atoms with E-state index in [1.807, 2.05) is 35.2 Å². The summed E-state index contributed by atoms with van der Waals surface area (Å²) in [5, 5.41) is 0. The number of carbonyl (C=O) groups excluding carboxylic acids is 2. The molecule has 0 radical (unpaired) electrons. The van der Waals surface area contributed by atoms with Crippen LogP contribution in [0.2, 0.25) is 0 Å². The zero-order valence-electron chi connectivity index (χ0n) is 13.3. The topological polar surface area (TPSA) is 37.4 Å². The molecule has 0 bridgehead atoms. The van der Waals surface area contributed by atoms with Crippen LogP contribution < -0.4 is 0 Å². The van der Waals surface area contributed by atoms with Crippen molar-refractivity contribution in [1.29, 1.82) is 0 Å². The Morgan fingerprint density at radius 2 is 1.67 bits per heavy atom. The Bertz CT molecular complexity index is 494. The van der Waals surface area contributed by atoms with Gasteiger partial charge in [0.25, 0.3) is 0 Å². The predicted octanol–water partition coefficient (Wildman–Crippen LogP) is 3.54. The van der Waals surface area contributed by atoms with Crippen molar-refractivity contribution >= 4 is 11.7 Å². The molecular weight excluding hydrogens is 262 g/mol. The van der Waals surface area contributed by atoms with Crippen molar-refractivity contribution in [3.8, 4) is 0 Å². The molecule has 1 aromatic rings. The number of benzene rings is 1. The minimum absolute atomic E-state index is 0.0216. The highest BCUT2D eigenvalue weighted by Gasteiger charge is 2.29. The van der Waals surface area contributed by atoms with Gasteiger partial charge in [0.15, 0.2) is 5.78 Å². The minimum atomic E-state index is 0.0216. The summed E-state index contributed by atoms with van der Waals surface area (Å²) in [4.78, 5) is 26.5. The Kier molecular flexibility index (Phi) is 4.81. The van der Waals surface area contributed by atoms with E-state index in [4.69, 9.17) is 0 Å². The number of likely N-dealkylation sites (tertiary alicyclic amines) is 1. The Hall–Kier alpha value is -1.64. The highest BCUT2D eigenvalue weighted by atomic mass is 16.2. The van der Waals surface area contributed by atoms with E-state index in [1.54, 1.807) is 0 Å². The van der Waals surface area contributed by atoms with Gasteiger partial charge in [-0.3, -0.25) is 9.59 Å². The fourth-order valence-corrected chi connectivity index (χ4v) is 2.79. The number of ketones is 1. The van der Waals surface area contributed by atoms with Gasteiger partial charge >= 0.3 is 0 Å². The van der Waals surface area contributed by atoms with Gasteiger partial charge in [-0.1, -0.05) is 51.1 Å². The molecule has 0 spiro atoms. The van der Waals surface area contributed by atoms with Gasteiger partial charge in [0.05, 0.1) is 0 Å². The molecule has 0 aromatic heterocycles. The van der Waals surface area contributed by atoms with Crippen molar-refractivity contribution in [1.82, 2.24) is 4.90 Å². The van der Waals surface area contributed by atoms with E-state index in [0.717, 1.165) is 18.4 Å². The first-order valence-electron chi connectivity index (χ1n) is 7.74. The molecule has 3 nitrogen and oxygen atoms in total. The maximum Gasteiger partial charge on any atom is 0.223 e. The molecule has 1 aromatic carbocycles. The number of rotatable bonds is 3. The summed E-state index contributed by atoms with van der Waals surface area (Å²) >= 11 is 0. The molecule has 0 unspecified atom stereocenters. The lowest BCUT2D eigenvalue weighted by atomic mass is 9.87. The van der Waals surface area contributed by atoms with Crippen molar-refractivity contribution in [2.75, 3.05) is 13.1 Å². The fraction of sp³-hybridized carbons (Fsp3) is 0.556. The number of hydrogen-bond acceptors (Lipinski definition) is 2. The van der Waals surface area contributed by atoms with Gasteiger partial charge in [-0.05, 0) is 18.3 Å². The number of piperidine rings is 1.